The van der Waals surface area contributed by atoms with Gasteiger partial charge in [-0.1, -0.05) is 12.1 Å². The van der Waals surface area contributed by atoms with Crippen molar-refractivity contribution in [2.75, 3.05) is 0 Å². The number of carboxylic acid groups (broad SMARTS) is 2. The minimum Gasteiger partial charge on any atom is -0.472 e. The van der Waals surface area contributed by atoms with E-state index in [0.29, 0.717) is 0 Å². The second kappa shape index (κ2) is 12.1. The molecule has 0 heterocycles. The molecule has 0 amide bonds. The maximum absolute atomic E-state index is 9.13. The molecule has 0 spiro atoms. The molecule has 0 saturated heterocycles. The van der Waals surface area contributed by atoms with Gasteiger partial charge in [0.25, 0.3) is 0 Å². The van der Waals surface area contributed by atoms with Crippen molar-refractivity contribution in [1.82, 2.24) is 0 Å². The van der Waals surface area contributed by atoms with E-state index in [0.717, 1.165) is 6.42 Å². The number of hydrogen-bond donors (Lipinski definition) is 2. The molecule has 0 aromatic heterocycles. The Balaban J connectivity index is 0.000000348. The molecule has 4 rings (SSSR count). The van der Waals surface area contributed by atoms with Crippen LogP contribution >= 0.6 is 0 Å². The molecular formula is C25H18O4Ti. The molecule has 4 nitrogen and oxygen atoms in total. The molecule has 4 aromatic carbocycles. The van der Waals surface area contributed by atoms with Crippen LogP contribution in [-0.2, 0) is 37.7 Å². The molecule has 30 heavy (non-hydrogen) atoms. The van der Waals surface area contributed by atoms with Gasteiger partial charge < -0.3 is 10.2 Å². The summed E-state index contributed by atoms with van der Waals surface area (Å²) < 4.78 is 0. The van der Waals surface area contributed by atoms with Crippen LogP contribution in [0.15, 0.2) is 72.8 Å². The summed E-state index contributed by atoms with van der Waals surface area (Å²) in [6.07, 6.45) is 9.66. The summed E-state index contributed by atoms with van der Waals surface area (Å²) in [6, 6.07) is 26.3. The second-order valence-electron chi connectivity index (χ2n) is 6.06. The average molecular weight is 430 g/mol. The molecule has 0 radical (unpaired) electrons. The molecular weight excluding hydrogens is 412 g/mol. The van der Waals surface area contributed by atoms with Crippen LogP contribution in [-0.4, -0.2) is 22.2 Å². The van der Waals surface area contributed by atoms with Crippen LogP contribution in [0.4, 0.5) is 0 Å². The van der Waals surface area contributed by atoms with Crippen molar-refractivity contribution in [2.45, 2.75) is 6.42 Å². The predicted octanol–water partition coefficient (Wildman–Crippen LogP) is 4.43. The Bertz CT molecular complexity index is 1050. The van der Waals surface area contributed by atoms with Crippen LogP contribution in [0, 0.1) is 24.7 Å². The number of benzene rings is 2. The van der Waals surface area contributed by atoms with Gasteiger partial charge in [0.1, 0.15) is 0 Å². The van der Waals surface area contributed by atoms with Gasteiger partial charge in [-0.2, -0.15) is 12.1 Å². The SMILES string of the molecule is C#CC(=O)O.C#CC(=O)O.[Ti+2].c1ccc2[cH-]c(Cc3cc4ccccc4[cH-]3)cc2c1. The maximum atomic E-state index is 9.13. The molecule has 4 aromatic rings. The van der Waals surface area contributed by atoms with Crippen LogP contribution in [0.5, 0.6) is 0 Å². The van der Waals surface area contributed by atoms with E-state index >= 15 is 0 Å². The zero-order valence-corrected chi connectivity index (χ0v) is 17.6. The van der Waals surface area contributed by atoms with Crippen molar-refractivity contribution in [2.24, 2.45) is 0 Å². The van der Waals surface area contributed by atoms with E-state index in [1.807, 2.05) is 0 Å². The van der Waals surface area contributed by atoms with Crippen molar-refractivity contribution in [3.63, 3.8) is 0 Å². The van der Waals surface area contributed by atoms with Crippen molar-refractivity contribution in [3.05, 3.63) is 83.9 Å². The summed E-state index contributed by atoms with van der Waals surface area (Å²) >= 11 is 0. The topological polar surface area (TPSA) is 74.6 Å². The van der Waals surface area contributed by atoms with E-state index in [1.165, 1.54) is 44.5 Å². The largest absolute Gasteiger partial charge is 2.00 e. The van der Waals surface area contributed by atoms with Gasteiger partial charge in [0, 0.05) is 11.8 Å². The molecule has 0 aliphatic carbocycles. The summed E-state index contributed by atoms with van der Waals surface area (Å²) in [5.74, 6) is 0.454. The molecule has 0 aliphatic rings. The number of fused-ring (bicyclic) bond motifs is 2. The van der Waals surface area contributed by atoms with Gasteiger partial charge in [0.2, 0.25) is 0 Å². The third-order valence-electron chi connectivity index (χ3n) is 4.01. The molecule has 5 heteroatoms. The number of hydrogen-bond acceptors (Lipinski definition) is 2. The van der Waals surface area contributed by atoms with Crippen LogP contribution in [0.2, 0.25) is 0 Å². The third-order valence-corrected chi connectivity index (χ3v) is 4.01. The monoisotopic (exact) mass is 430 g/mol. The van der Waals surface area contributed by atoms with Crippen molar-refractivity contribution >= 4 is 33.5 Å². The Morgan fingerprint density at radius 2 is 1.10 bits per heavy atom. The Kier molecular flexibility index (Phi) is 9.87. The standard InChI is InChI=1S/C19H14.2C3H2O2.Ti/c1-2-6-17-11-14(10-16(17)5-1)9-15-12-18-7-3-4-8-19(18)13-15;2*1-2-3(4)5;/h1-8,10-13H,9H2;2*1H,(H,4,5);/q-2;;;+2. The molecule has 0 unspecified atom stereocenters. The Morgan fingerprint density at radius 1 is 0.767 bits per heavy atom. The minimum absolute atomic E-state index is 0. The summed E-state index contributed by atoms with van der Waals surface area (Å²) in [7, 11) is 0. The smallest absolute Gasteiger partial charge is 0.472 e. The first kappa shape index (κ1) is 24.5. The number of aliphatic carboxylic acids is 2. The van der Waals surface area contributed by atoms with E-state index in [1.54, 1.807) is 0 Å². The number of rotatable bonds is 2. The second-order valence-corrected chi connectivity index (χ2v) is 6.06. The molecule has 146 valence electrons. The fourth-order valence-corrected chi connectivity index (χ4v) is 2.87. The van der Waals surface area contributed by atoms with Crippen LogP contribution in [0.25, 0.3) is 21.5 Å². The first-order valence-corrected chi connectivity index (χ1v) is 8.60. The summed E-state index contributed by atoms with van der Waals surface area (Å²) in [4.78, 5) is 18.3. The maximum Gasteiger partial charge on any atom is 2.00 e. The number of carboxylic acids is 2. The van der Waals surface area contributed by atoms with Gasteiger partial charge in [0.15, 0.2) is 0 Å². The summed E-state index contributed by atoms with van der Waals surface area (Å²) in [6.45, 7) is 0. The number of carbonyl (C=O) groups is 2. The Morgan fingerprint density at radius 3 is 1.40 bits per heavy atom. The fourth-order valence-electron chi connectivity index (χ4n) is 2.87. The normalized spacial score (nSPS) is 9.00. The van der Waals surface area contributed by atoms with Gasteiger partial charge in [-0.05, 0) is 6.42 Å². The van der Waals surface area contributed by atoms with Gasteiger partial charge in [0.05, 0.1) is 0 Å². The van der Waals surface area contributed by atoms with E-state index in [-0.39, 0.29) is 21.7 Å². The minimum atomic E-state index is -1.22. The zero-order valence-electron chi connectivity index (χ0n) is 16.0. The van der Waals surface area contributed by atoms with Gasteiger partial charge in [-0.3, -0.25) is 0 Å². The van der Waals surface area contributed by atoms with Crippen molar-refractivity contribution in [3.8, 4) is 24.7 Å². The molecule has 0 aliphatic heterocycles. The molecule has 0 atom stereocenters. The van der Waals surface area contributed by atoms with Crippen LogP contribution < -0.4 is 0 Å². The fraction of sp³-hybridized carbons (Fsp3) is 0.0400. The first-order valence-electron chi connectivity index (χ1n) is 8.60. The van der Waals surface area contributed by atoms with E-state index in [9.17, 15) is 0 Å². The van der Waals surface area contributed by atoms with Crippen LogP contribution in [0.1, 0.15) is 11.1 Å². The van der Waals surface area contributed by atoms with Gasteiger partial charge in [-0.15, -0.1) is 94.0 Å². The third kappa shape index (κ3) is 7.45. The molecule has 2 N–H and O–H groups in total. The predicted molar refractivity (Wildman–Crippen MR) is 115 cm³/mol. The Hall–Kier alpha value is -3.57. The van der Waals surface area contributed by atoms with Crippen LogP contribution in [0.3, 0.4) is 0 Å². The van der Waals surface area contributed by atoms with Gasteiger partial charge >= 0.3 is 33.7 Å². The zero-order chi connectivity index (χ0) is 21.2. The van der Waals surface area contributed by atoms with Crippen molar-refractivity contribution < 1.29 is 41.5 Å². The van der Waals surface area contributed by atoms with E-state index < -0.39 is 11.9 Å². The van der Waals surface area contributed by atoms with E-state index in [2.05, 4.69) is 85.6 Å². The average Bonchev–Trinajstić information content (AvgIpc) is 3.31. The molecule has 0 saturated carbocycles. The quantitative estimate of drug-likeness (QED) is 0.280. The summed E-state index contributed by atoms with van der Waals surface area (Å²) in [5, 5.41) is 20.3. The molecule has 0 fully saturated rings. The first-order chi connectivity index (χ1) is 13.9. The van der Waals surface area contributed by atoms with Crippen molar-refractivity contribution in [1.29, 1.82) is 0 Å². The van der Waals surface area contributed by atoms with E-state index in [4.69, 9.17) is 19.8 Å². The van der Waals surface area contributed by atoms with Gasteiger partial charge in [-0.25, -0.2) is 9.59 Å². The number of terminal acetylenes is 2. The molecule has 0 bridgehead atoms. The Labute approximate surface area is 189 Å². The summed E-state index contributed by atoms with van der Waals surface area (Å²) in [5.41, 5.74) is 2.80.